The van der Waals surface area contributed by atoms with E-state index in [0.29, 0.717) is 16.9 Å². The third-order valence-electron chi connectivity index (χ3n) is 4.71. The molecule has 0 aromatic heterocycles. The normalized spacial score (nSPS) is 20.2. The van der Waals surface area contributed by atoms with E-state index < -0.39 is 5.97 Å². The van der Waals surface area contributed by atoms with Gasteiger partial charge in [-0.05, 0) is 6.42 Å². The first-order chi connectivity index (χ1) is 12.0. The molecule has 0 saturated carbocycles. The maximum Gasteiger partial charge on any atom is 0.335 e. The molecule has 2 bridgehead atoms. The lowest BCUT2D eigenvalue weighted by atomic mass is 9.90. The zero-order valence-corrected chi connectivity index (χ0v) is 14.3. The Balaban J connectivity index is 2.07. The second-order valence-corrected chi connectivity index (χ2v) is 6.63. The van der Waals surface area contributed by atoms with Crippen molar-refractivity contribution in [2.75, 3.05) is 0 Å². The molecular weight excluding hydrogens is 340 g/mol. The number of allylic oxidation sites excluding steroid dienone is 2. The first-order valence-electron chi connectivity index (χ1n) is 7.99. The van der Waals surface area contributed by atoms with Gasteiger partial charge in [0.1, 0.15) is 11.5 Å². The first-order valence-corrected chi connectivity index (χ1v) is 8.37. The predicted octanol–water partition coefficient (Wildman–Crippen LogP) is 4.56. The average molecular weight is 355 g/mol. The molecule has 2 aliphatic carbocycles. The lowest BCUT2D eigenvalue weighted by Crippen LogP contribution is -2.11. The molecule has 2 aromatic carbocycles. The van der Waals surface area contributed by atoms with Crippen LogP contribution in [0.2, 0.25) is 0 Å². The smallest absolute Gasteiger partial charge is 0.335 e. The Morgan fingerprint density at radius 2 is 1.80 bits per heavy atom. The molecule has 0 spiro atoms. The molecule has 0 aliphatic heterocycles. The van der Waals surface area contributed by atoms with Crippen molar-refractivity contribution in [1.82, 2.24) is 0 Å². The second-order valence-electron chi connectivity index (χ2n) is 6.20. The van der Waals surface area contributed by atoms with E-state index in [2.05, 4.69) is 6.58 Å². The molecule has 2 aromatic rings. The highest BCUT2D eigenvalue weighted by Gasteiger charge is 2.43. The van der Waals surface area contributed by atoms with Gasteiger partial charge in [-0.2, -0.15) is 0 Å². The van der Waals surface area contributed by atoms with Crippen molar-refractivity contribution in [3.05, 3.63) is 59.2 Å². The van der Waals surface area contributed by atoms with Gasteiger partial charge < -0.3 is 9.47 Å². The van der Waals surface area contributed by atoms with Crippen LogP contribution in [0.3, 0.4) is 0 Å². The number of halogens is 1. The second kappa shape index (κ2) is 5.74. The highest BCUT2D eigenvalue weighted by Crippen LogP contribution is 2.61. The fourth-order valence-electron chi connectivity index (χ4n) is 3.83. The van der Waals surface area contributed by atoms with Crippen LogP contribution >= 0.6 is 11.6 Å². The monoisotopic (exact) mass is 354 g/mol. The number of ether oxygens (including phenoxy) is 2. The zero-order chi connectivity index (χ0) is 17.7. The molecule has 5 heteroatoms. The summed E-state index contributed by atoms with van der Waals surface area (Å²) in [6, 6.07) is 7.41. The van der Waals surface area contributed by atoms with E-state index in [4.69, 9.17) is 21.1 Å². The summed E-state index contributed by atoms with van der Waals surface area (Å²) < 4.78 is 11.2. The minimum Gasteiger partial charge on any atom is -0.426 e. The molecule has 4 rings (SSSR count). The van der Waals surface area contributed by atoms with E-state index >= 15 is 0 Å². The maximum atomic E-state index is 11.9. The molecule has 25 heavy (non-hydrogen) atoms. The van der Waals surface area contributed by atoms with Gasteiger partial charge >= 0.3 is 11.9 Å². The molecule has 0 saturated heterocycles. The van der Waals surface area contributed by atoms with Crippen LogP contribution in [0.4, 0.5) is 0 Å². The number of fused-ring (bicyclic) bond motifs is 6. The fourth-order valence-corrected chi connectivity index (χ4v) is 4.18. The van der Waals surface area contributed by atoms with Gasteiger partial charge in [0.25, 0.3) is 0 Å². The Hall–Kier alpha value is -2.59. The van der Waals surface area contributed by atoms with Crippen molar-refractivity contribution >= 4 is 34.3 Å². The van der Waals surface area contributed by atoms with Crippen molar-refractivity contribution in [1.29, 1.82) is 0 Å². The molecule has 0 fully saturated rings. The van der Waals surface area contributed by atoms with Crippen LogP contribution in [-0.2, 0) is 9.59 Å². The molecule has 2 unspecified atom stereocenters. The summed E-state index contributed by atoms with van der Waals surface area (Å²) in [6.45, 7) is 4.85. The summed E-state index contributed by atoms with van der Waals surface area (Å²) in [5.74, 6) is 0.0897. The summed E-state index contributed by atoms with van der Waals surface area (Å²) in [5.41, 5.74) is 1.72. The number of esters is 2. The van der Waals surface area contributed by atoms with Gasteiger partial charge in [0, 0.05) is 51.8 Å². The van der Waals surface area contributed by atoms with E-state index in [1.807, 2.05) is 30.3 Å². The summed E-state index contributed by atoms with van der Waals surface area (Å²) in [6.07, 6.45) is 3.90. The minimum atomic E-state index is -0.532. The van der Waals surface area contributed by atoms with Crippen LogP contribution in [0.25, 0.3) is 10.8 Å². The van der Waals surface area contributed by atoms with Crippen molar-refractivity contribution in [3.63, 3.8) is 0 Å². The Kier molecular flexibility index (Phi) is 3.65. The first kappa shape index (κ1) is 15.9. The van der Waals surface area contributed by atoms with Gasteiger partial charge in [0.2, 0.25) is 0 Å². The number of hydrogen-bond acceptors (Lipinski definition) is 4. The van der Waals surface area contributed by atoms with Crippen LogP contribution in [0.1, 0.15) is 36.3 Å². The molecule has 126 valence electrons. The summed E-state index contributed by atoms with van der Waals surface area (Å²) >= 11 is 6.38. The van der Waals surface area contributed by atoms with Crippen LogP contribution < -0.4 is 9.47 Å². The number of hydrogen-bond donors (Lipinski definition) is 0. The van der Waals surface area contributed by atoms with Crippen molar-refractivity contribution in [2.45, 2.75) is 25.2 Å². The lowest BCUT2D eigenvalue weighted by molar-refractivity contribution is -0.132. The van der Waals surface area contributed by atoms with Crippen LogP contribution in [0.15, 0.2) is 48.0 Å². The SMILES string of the molecule is C=CC(=O)Oc1c2c(c(OC(C)=O)c3ccccc13)C1C=C(Cl)C2C1. The highest BCUT2D eigenvalue weighted by atomic mass is 35.5. The van der Waals surface area contributed by atoms with Crippen molar-refractivity contribution in [3.8, 4) is 11.5 Å². The van der Waals surface area contributed by atoms with Gasteiger partial charge in [0.15, 0.2) is 0 Å². The Morgan fingerprint density at radius 3 is 2.40 bits per heavy atom. The molecule has 0 amide bonds. The lowest BCUT2D eigenvalue weighted by Gasteiger charge is -2.22. The molecule has 0 heterocycles. The summed E-state index contributed by atoms with van der Waals surface area (Å²) in [5, 5.41) is 2.18. The third-order valence-corrected chi connectivity index (χ3v) is 5.10. The topological polar surface area (TPSA) is 52.6 Å². The zero-order valence-electron chi connectivity index (χ0n) is 13.5. The molecular formula is C20H15ClO4. The summed E-state index contributed by atoms with van der Waals surface area (Å²) in [4.78, 5) is 23.6. The van der Waals surface area contributed by atoms with Gasteiger partial charge in [-0.25, -0.2) is 4.79 Å². The Labute approximate surface area is 149 Å². The average Bonchev–Trinajstić information content (AvgIpc) is 3.14. The van der Waals surface area contributed by atoms with Crippen LogP contribution in [0, 0.1) is 0 Å². The van der Waals surface area contributed by atoms with Crippen LogP contribution in [-0.4, -0.2) is 11.9 Å². The molecule has 4 nitrogen and oxygen atoms in total. The van der Waals surface area contributed by atoms with E-state index in [1.54, 1.807) is 0 Å². The van der Waals surface area contributed by atoms with Gasteiger partial charge in [-0.15, -0.1) is 0 Å². The predicted molar refractivity (Wildman–Crippen MR) is 95.1 cm³/mol. The molecule has 0 radical (unpaired) electrons. The number of rotatable bonds is 3. The number of carbonyl (C=O) groups excluding carboxylic acids is 2. The molecule has 0 N–H and O–H groups in total. The van der Waals surface area contributed by atoms with E-state index in [-0.39, 0.29) is 17.8 Å². The third kappa shape index (κ3) is 2.36. The molecule has 2 atom stereocenters. The molecule has 2 aliphatic rings. The largest absolute Gasteiger partial charge is 0.426 e. The minimum absolute atomic E-state index is 0.0480. The Morgan fingerprint density at radius 1 is 1.16 bits per heavy atom. The summed E-state index contributed by atoms with van der Waals surface area (Å²) in [7, 11) is 0. The van der Waals surface area contributed by atoms with Gasteiger partial charge in [0.05, 0.1) is 0 Å². The maximum absolute atomic E-state index is 11.9. The number of benzene rings is 2. The Bertz CT molecular complexity index is 973. The quantitative estimate of drug-likeness (QED) is 0.460. The standard InChI is InChI=1S/C20H15ClO4/c1-3-16(23)25-20-13-7-5-4-6-12(13)19(24-10(2)22)17-11-8-14(18(17)20)15(21)9-11/h3-7,9,11,14H,1,8H2,2H3. The fraction of sp³-hybridized carbons (Fsp3) is 0.200. The van der Waals surface area contributed by atoms with Crippen LogP contribution in [0.5, 0.6) is 11.5 Å². The van der Waals surface area contributed by atoms with E-state index in [0.717, 1.165) is 34.0 Å². The van der Waals surface area contributed by atoms with Gasteiger partial charge in [-0.3, -0.25) is 4.79 Å². The van der Waals surface area contributed by atoms with E-state index in [9.17, 15) is 9.59 Å². The number of carbonyl (C=O) groups is 2. The van der Waals surface area contributed by atoms with Crippen molar-refractivity contribution in [2.24, 2.45) is 0 Å². The van der Waals surface area contributed by atoms with Crippen molar-refractivity contribution < 1.29 is 19.1 Å². The van der Waals surface area contributed by atoms with E-state index in [1.165, 1.54) is 6.92 Å². The van der Waals surface area contributed by atoms with Gasteiger partial charge in [-0.1, -0.05) is 48.5 Å². The highest BCUT2D eigenvalue weighted by molar-refractivity contribution is 6.31.